The third-order valence-corrected chi connectivity index (χ3v) is 7.78. The lowest BCUT2D eigenvalue weighted by Crippen LogP contribution is -2.40. The van der Waals surface area contributed by atoms with Gasteiger partial charge in [0.15, 0.2) is 16.3 Å². The molecule has 9 heteroatoms. The molecule has 198 valence electrons. The van der Waals surface area contributed by atoms with Gasteiger partial charge < -0.3 is 14.2 Å². The van der Waals surface area contributed by atoms with Crippen LogP contribution in [0.1, 0.15) is 29.7 Å². The molecule has 0 fully saturated rings. The van der Waals surface area contributed by atoms with Crippen LogP contribution in [0.2, 0.25) is 0 Å². The first-order valence-corrected chi connectivity index (χ1v) is 13.8. The molecule has 0 spiro atoms. The third kappa shape index (κ3) is 5.20. The van der Waals surface area contributed by atoms with E-state index in [2.05, 4.69) is 15.9 Å². The fourth-order valence-electron chi connectivity index (χ4n) is 4.49. The number of benzene rings is 3. The Kier molecular flexibility index (Phi) is 7.81. The molecular weight excluding hydrogens is 580 g/mol. The number of nitrogens with zero attached hydrogens (tertiary/aromatic N) is 2. The molecule has 5 rings (SSSR count). The Morgan fingerprint density at radius 2 is 1.74 bits per heavy atom. The first-order chi connectivity index (χ1) is 18.9. The van der Waals surface area contributed by atoms with Crippen molar-refractivity contribution in [3.05, 3.63) is 119 Å². The second-order valence-corrected chi connectivity index (χ2v) is 10.5. The third-order valence-electron chi connectivity index (χ3n) is 6.26. The molecule has 0 amide bonds. The van der Waals surface area contributed by atoms with Crippen LogP contribution in [0.5, 0.6) is 11.5 Å². The number of rotatable bonds is 7. The average molecular weight is 606 g/mol. The molecule has 0 saturated heterocycles. The highest BCUT2D eigenvalue weighted by Gasteiger charge is 2.35. The number of carbonyl (C=O) groups is 1. The number of aromatic nitrogens is 1. The van der Waals surface area contributed by atoms with E-state index in [1.54, 1.807) is 37.8 Å². The van der Waals surface area contributed by atoms with E-state index in [1.165, 1.54) is 11.3 Å². The van der Waals surface area contributed by atoms with Gasteiger partial charge in [-0.1, -0.05) is 75.8 Å². The molecule has 0 radical (unpaired) electrons. The van der Waals surface area contributed by atoms with Crippen LogP contribution in [0.15, 0.2) is 92.6 Å². The molecule has 0 aliphatic carbocycles. The Bertz CT molecular complexity index is 1740. The second-order valence-electron chi connectivity index (χ2n) is 8.60. The van der Waals surface area contributed by atoms with E-state index in [-0.39, 0.29) is 17.7 Å². The van der Waals surface area contributed by atoms with Gasteiger partial charge in [-0.3, -0.25) is 9.36 Å². The maximum atomic E-state index is 14.0. The molecule has 0 saturated carbocycles. The van der Waals surface area contributed by atoms with Crippen LogP contribution >= 0.6 is 27.3 Å². The van der Waals surface area contributed by atoms with Crippen molar-refractivity contribution in [3.63, 3.8) is 0 Å². The summed E-state index contributed by atoms with van der Waals surface area (Å²) in [6.07, 6.45) is 1.83. The number of esters is 1. The summed E-state index contributed by atoms with van der Waals surface area (Å²) in [7, 11) is 3.10. The number of thiazole rings is 1. The fraction of sp³-hybridized carbons (Fsp3) is 0.167. The van der Waals surface area contributed by atoms with Gasteiger partial charge in [-0.25, -0.2) is 9.79 Å². The van der Waals surface area contributed by atoms with Crippen molar-refractivity contribution in [1.29, 1.82) is 0 Å². The number of ether oxygens (including phenoxy) is 3. The summed E-state index contributed by atoms with van der Waals surface area (Å²) in [5.41, 5.74) is 2.77. The van der Waals surface area contributed by atoms with Crippen LogP contribution in [0.25, 0.3) is 11.8 Å². The van der Waals surface area contributed by atoms with Gasteiger partial charge in [0.25, 0.3) is 5.56 Å². The standard InChI is InChI=1S/C30H25BrN2O5S/c1-4-38-29(35)25-26(19-8-6-5-7-9-19)32-30-33(27(25)20-12-15-22(36-2)23(17-20)37-3)28(34)24(39-30)16-18-10-13-21(31)14-11-18/h5-17,27H,4H2,1-3H3/b24-16-. The second kappa shape index (κ2) is 11.4. The van der Waals surface area contributed by atoms with Gasteiger partial charge in [0, 0.05) is 10.0 Å². The summed E-state index contributed by atoms with van der Waals surface area (Å²) in [4.78, 5) is 32.9. The van der Waals surface area contributed by atoms with E-state index in [4.69, 9.17) is 19.2 Å². The number of methoxy groups -OCH3 is 2. The monoisotopic (exact) mass is 604 g/mol. The van der Waals surface area contributed by atoms with Crippen LogP contribution in [-0.2, 0) is 9.53 Å². The van der Waals surface area contributed by atoms with Gasteiger partial charge in [-0.05, 0) is 48.4 Å². The summed E-state index contributed by atoms with van der Waals surface area (Å²) < 4.78 is 19.5. The minimum Gasteiger partial charge on any atom is -0.493 e. The van der Waals surface area contributed by atoms with E-state index in [0.29, 0.717) is 32.1 Å². The van der Waals surface area contributed by atoms with Crippen molar-refractivity contribution in [2.45, 2.75) is 13.0 Å². The first-order valence-electron chi connectivity index (χ1n) is 12.2. The van der Waals surface area contributed by atoms with Crippen molar-refractivity contribution >= 4 is 45.0 Å². The molecule has 1 aromatic heterocycles. The number of halogens is 1. The van der Waals surface area contributed by atoms with Gasteiger partial charge in [-0.2, -0.15) is 0 Å². The molecule has 0 N–H and O–H groups in total. The predicted octanol–water partition coefficient (Wildman–Crippen LogP) is 4.72. The molecule has 7 nitrogen and oxygen atoms in total. The van der Waals surface area contributed by atoms with Gasteiger partial charge in [-0.15, -0.1) is 0 Å². The Labute approximate surface area is 237 Å². The Morgan fingerprint density at radius 1 is 1.03 bits per heavy atom. The zero-order valence-electron chi connectivity index (χ0n) is 21.5. The van der Waals surface area contributed by atoms with Crippen LogP contribution in [0, 0.1) is 0 Å². The first kappa shape index (κ1) is 26.6. The van der Waals surface area contributed by atoms with Crippen molar-refractivity contribution in [2.24, 2.45) is 4.99 Å². The smallest absolute Gasteiger partial charge is 0.338 e. The van der Waals surface area contributed by atoms with Crippen molar-refractivity contribution in [3.8, 4) is 11.5 Å². The summed E-state index contributed by atoms with van der Waals surface area (Å²) in [5.74, 6) is 0.476. The molecule has 3 aromatic carbocycles. The molecule has 2 heterocycles. The zero-order chi connectivity index (χ0) is 27.5. The molecule has 4 aromatic rings. The van der Waals surface area contributed by atoms with E-state index in [9.17, 15) is 9.59 Å². The molecule has 1 unspecified atom stereocenters. The van der Waals surface area contributed by atoms with Crippen LogP contribution in [0.3, 0.4) is 0 Å². The molecule has 1 aliphatic heterocycles. The number of hydrogen-bond donors (Lipinski definition) is 0. The fourth-order valence-corrected chi connectivity index (χ4v) is 5.75. The quantitative estimate of drug-likeness (QED) is 0.285. The normalized spacial score (nSPS) is 15.0. The maximum absolute atomic E-state index is 14.0. The van der Waals surface area contributed by atoms with Crippen molar-refractivity contribution in [2.75, 3.05) is 20.8 Å². The van der Waals surface area contributed by atoms with E-state index in [0.717, 1.165) is 15.6 Å². The lowest BCUT2D eigenvalue weighted by atomic mass is 9.93. The Balaban J connectivity index is 1.84. The van der Waals surface area contributed by atoms with Crippen molar-refractivity contribution in [1.82, 2.24) is 4.57 Å². The number of hydrogen-bond acceptors (Lipinski definition) is 7. The van der Waals surface area contributed by atoms with Crippen LogP contribution in [0.4, 0.5) is 0 Å². The molecule has 39 heavy (non-hydrogen) atoms. The number of fused-ring (bicyclic) bond motifs is 1. The highest BCUT2D eigenvalue weighted by Crippen LogP contribution is 2.38. The van der Waals surface area contributed by atoms with Crippen LogP contribution < -0.4 is 24.4 Å². The molecule has 1 atom stereocenters. The highest BCUT2D eigenvalue weighted by molar-refractivity contribution is 9.10. The minimum atomic E-state index is -0.803. The summed E-state index contributed by atoms with van der Waals surface area (Å²) in [6, 6.07) is 21.7. The highest BCUT2D eigenvalue weighted by atomic mass is 79.9. The summed E-state index contributed by atoms with van der Waals surface area (Å²) >= 11 is 4.73. The molecule has 0 bridgehead atoms. The van der Waals surface area contributed by atoms with E-state index in [1.807, 2.05) is 66.7 Å². The summed E-state index contributed by atoms with van der Waals surface area (Å²) in [5, 5.41) is 0. The lowest BCUT2D eigenvalue weighted by molar-refractivity contribution is -0.138. The molecular formula is C30H25BrN2O5S. The average Bonchev–Trinajstić information content (AvgIpc) is 3.27. The molecule has 1 aliphatic rings. The van der Waals surface area contributed by atoms with E-state index >= 15 is 0 Å². The van der Waals surface area contributed by atoms with Gasteiger partial charge in [0.2, 0.25) is 0 Å². The van der Waals surface area contributed by atoms with E-state index < -0.39 is 12.0 Å². The van der Waals surface area contributed by atoms with Gasteiger partial charge in [0.1, 0.15) is 0 Å². The summed E-state index contributed by atoms with van der Waals surface area (Å²) in [6.45, 7) is 1.93. The minimum absolute atomic E-state index is 0.178. The zero-order valence-corrected chi connectivity index (χ0v) is 23.9. The number of carbonyl (C=O) groups excluding carboxylic acids is 1. The van der Waals surface area contributed by atoms with Gasteiger partial charge >= 0.3 is 5.97 Å². The Morgan fingerprint density at radius 3 is 2.41 bits per heavy atom. The predicted molar refractivity (Wildman–Crippen MR) is 155 cm³/mol. The lowest BCUT2D eigenvalue weighted by Gasteiger charge is -2.26. The largest absolute Gasteiger partial charge is 0.493 e. The van der Waals surface area contributed by atoms with Gasteiger partial charge in [0.05, 0.1) is 42.7 Å². The topological polar surface area (TPSA) is 79.1 Å². The maximum Gasteiger partial charge on any atom is 0.338 e. The SMILES string of the molecule is CCOC(=O)C1=C(c2ccccc2)N=c2s/c(=C\c3ccc(Br)cc3)c(=O)n2C1c1ccc(OC)c(OC)c1. The van der Waals surface area contributed by atoms with Crippen LogP contribution in [-0.4, -0.2) is 31.4 Å². The van der Waals surface area contributed by atoms with Crippen molar-refractivity contribution < 1.29 is 19.0 Å². The Hall–Kier alpha value is -3.95.